The maximum absolute atomic E-state index is 9.50. The fourth-order valence-electron chi connectivity index (χ4n) is 0.937. The predicted octanol–water partition coefficient (Wildman–Crippen LogP) is 3.39. The molecule has 0 aromatic rings. The quantitative estimate of drug-likeness (QED) is 0.580. The van der Waals surface area contributed by atoms with Gasteiger partial charge in [0.05, 0.1) is 6.10 Å². The SMILES string of the molecule is CC(C)(C)[Si](C)(C)OCC[C@@H](O)CCCl. The summed E-state index contributed by atoms with van der Waals surface area (Å²) in [5.41, 5.74) is 0. The van der Waals surface area contributed by atoms with Gasteiger partial charge in [-0.25, -0.2) is 0 Å². The first kappa shape index (κ1) is 15.4. The number of halogens is 1. The molecule has 15 heavy (non-hydrogen) atoms. The van der Waals surface area contributed by atoms with Gasteiger partial charge in [-0.3, -0.25) is 0 Å². The fourth-order valence-corrected chi connectivity index (χ4v) is 2.25. The largest absolute Gasteiger partial charge is 0.417 e. The number of aliphatic hydroxyl groups excluding tert-OH is 1. The molecule has 0 unspecified atom stereocenters. The molecule has 1 N–H and O–H groups in total. The molecule has 0 aromatic heterocycles. The van der Waals surface area contributed by atoms with Crippen LogP contribution >= 0.6 is 11.6 Å². The van der Waals surface area contributed by atoms with Crippen LogP contribution in [-0.2, 0) is 4.43 Å². The second kappa shape index (κ2) is 6.23. The van der Waals surface area contributed by atoms with Gasteiger partial charge in [0.25, 0.3) is 0 Å². The molecule has 2 nitrogen and oxygen atoms in total. The van der Waals surface area contributed by atoms with Gasteiger partial charge >= 0.3 is 0 Å². The van der Waals surface area contributed by atoms with E-state index in [4.69, 9.17) is 16.0 Å². The summed E-state index contributed by atoms with van der Waals surface area (Å²) in [7, 11) is -1.64. The van der Waals surface area contributed by atoms with Crippen molar-refractivity contribution in [1.29, 1.82) is 0 Å². The third-order valence-corrected chi connectivity index (χ3v) is 7.92. The van der Waals surface area contributed by atoms with Crippen molar-refractivity contribution in [3.05, 3.63) is 0 Å². The molecule has 0 saturated carbocycles. The highest BCUT2D eigenvalue weighted by Crippen LogP contribution is 2.36. The van der Waals surface area contributed by atoms with Crippen LogP contribution in [-0.4, -0.2) is 32.0 Å². The monoisotopic (exact) mass is 252 g/mol. The third-order valence-electron chi connectivity index (χ3n) is 3.16. The molecule has 92 valence electrons. The molecule has 0 rings (SSSR count). The Morgan fingerprint density at radius 3 is 2.20 bits per heavy atom. The van der Waals surface area contributed by atoms with Crippen LogP contribution in [0, 0.1) is 0 Å². The van der Waals surface area contributed by atoms with Gasteiger partial charge in [0.15, 0.2) is 8.32 Å². The Morgan fingerprint density at radius 1 is 1.27 bits per heavy atom. The minimum atomic E-state index is -1.64. The van der Waals surface area contributed by atoms with Crippen LogP contribution in [0.2, 0.25) is 18.1 Å². The number of hydrogen-bond donors (Lipinski definition) is 1. The van der Waals surface area contributed by atoms with Crippen LogP contribution in [0.15, 0.2) is 0 Å². The summed E-state index contributed by atoms with van der Waals surface area (Å²) < 4.78 is 5.95. The van der Waals surface area contributed by atoms with Gasteiger partial charge in [-0.1, -0.05) is 20.8 Å². The van der Waals surface area contributed by atoms with Gasteiger partial charge in [0.1, 0.15) is 0 Å². The smallest absolute Gasteiger partial charge is 0.191 e. The van der Waals surface area contributed by atoms with Crippen molar-refractivity contribution in [2.75, 3.05) is 12.5 Å². The molecule has 0 aliphatic heterocycles. The molecule has 0 aliphatic carbocycles. The summed E-state index contributed by atoms with van der Waals surface area (Å²) in [4.78, 5) is 0. The van der Waals surface area contributed by atoms with E-state index in [2.05, 4.69) is 33.9 Å². The fraction of sp³-hybridized carbons (Fsp3) is 1.00. The second-order valence-electron chi connectivity index (χ2n) is 5.53. The minimum absolute atomic E-state index is 0.241. The maximum Gasteiger partial charge on any atom is 0.191 e. The van der Waals surface area contributed by atoms with Crippen LogP contribution in [0.3, 0.4) is 0 Å². The van der Waals surface area contributed by atoms with Gasteiger partial charge in [0, 0.05) is 12.5 Å². The molecule has 0 aliphatic rings. The number of alkyl halides is 1. The van der Waals surface area contributed by atoms with E-state index < -0.39 is 8.32 Å². The van der Waals surface area contributed by atoms with Crippen molar-refractivity contribution >= 4 is 19.9 Å². The van der Waals surface area contributed by atoms with Crippen molar-refractivity contribution in [3.63, 3.8) is 0 Å². The van der Waals surface area contributed by atoms with Gasteiger partial charge < -0.3 is 9.53 Å². The Bertz CT molecular complexity index is 178. The van der Waals surface area contributed by atoms with Crippen LogP contribution < -0.4 is 0 Å². The molecular formula is C11H25ClO2Si. The molecule has 0 bridgehead atoms. The van der Waals surface area contributed by atoms with Gasteiger partial charge in [-0.2, -0.15) is 0 Å². The number of aliphatic hydroxyl groups is 1. The van der Waals surface area contributed by atoms with E-state index in [0.29, 0.717) is 25.3 Å². The van der Waals surface area contributed by atoms with Gasteiger partial charge in [-0.15, -0.1) is 11.6 Å². The Balaban J connectivity index is 3.85. The van der Waals surface area contributed by atoms with Crippen molar-refractivity contribution in [2.45, 2.75) is 57.8 Å². The lowest BCUT2D eigenvalue weighted by Gasteiger charge is -2.36. The summed E-state index contributed by atoms with van der Waals surface area (Å²) in [6.07, 6.45) is 1.04. The molecule has 0 amide bonds. The summed E-state index contributed by atoms with van der Waals surface area (Å²) >= 11 is 5.55. The Kier molecular flexibility index (Phi) is 6.41. The summed E-state index contributed by atoms with van der Waals surface area (Å²) in [5.74, 6) is 0.515. The zero-order valence-electron chi connectivity index (χ0n) is 10.6. The zero-order chi connectivity index (χ0) is 12.1. The van der Waals surface area contributed by atoms with E-state index >= 15 is 0 Å². The Labute approximate surface area is 100 Å². The summed E-state index contributed by atoms with van der Waals surface area (Å²) in [6, 6.07) is 0. The van der Waals surface area contributed by atoms with Gasteiger partial charge in [-0.05, 0) is 31.0 Å². The highest BCUT2D eigenvalue weighted by atomic mass is 35.5. The van der Waals surface area contributed by atoms with Crippen LogP contribution in [0.4, 0.5) is 0 Å². The zero-order valence-corrected chi connectivity index (χ0v) is 12.4. The van der Waals surface area contributed by atoms with Crippen LogP contribution in [0.1, 0.15) is 33.6 Å². The second-order valence-corrected chi connectivity index (χ2v) is 10.7. The number of hydrogen-bond acceptors (Lipinski definition) is 2. The normalized spacial score (nSPS) is 15.4. The van der Waals surface area contributed by atoms with Crippen molar-refractivity contribution in [3.8, 4) is 0 Å². The topological polar surface area (TPSA) is 29.5 Å². The molecule has 0 saturated heterocycles. The van der Waals surface area contributed by atoms with E-state index in [1.807, 2.05) is 0 Å². The predicted molar refractivity (Wildman–Crippen MR) is 69.1 cm³/mol. The first-order chi connectivity index (χ1) is 6.70. The lowest BCUT2D eigenvalue weighted by Crippen LogP contribution is -2.41. The lowest BCUT2D eigenvalue weighted by molar-refractivity contribution is 0.132. The maximum atomic E-state index is 9.50. The lowest BCUT2D eigenvalue weighted by atomic mass is 10.2. The summed E-state index contributed by atoms with van der Waals surface area (Å²) in [6.45, 7) is 11.7. The first-order valence-corrected chi connectivity index (χ1v) is 9.03. The molecule has 0 fully saturated rings. The first-order valence-electron chi connectivity index (χ1n) is 5.58. The Hall–Kier alpha value is 0.427. The van der Waals surface area contributed by atoms with Crippen LogP contribution in [0.25, 0.3) is 0 Å². The van der Waals surface area contributed by atoms with Crippen molar-refractivity contribution in [1.82, 2.24) is 0 Å². The third kappa shape index (κ3) is 5.90. The van der Waals surface area contributed by atoms with Crippen molar-refractivity contribution < 1.29 is 9.53 Å². The molecule has 4 heteroatoms. The molecule has 0 spiro atoms. The standard InChI is InChI=1S/C11H25ClO2Si/c1-11(2,3)15(4,5)14-9-7-10(13)6-8-12/h10,13H,6-9H2,1-5H3/t10-/m0/s1. The molecule has 0 heterocycles. The van der Waals surface area contributed by atoms with E-state index in [0.717, 1.165) is 0 Å². The van der Waals surface area contributed by atoms with E-state index in [1.165, 1.54) is 0 Å². The highest BCUT2D eigenvalue weighted by Gasteiger charge is 2.36. The van der Waals surface area contributed by atoms with E-state index in [9.17, 15) is 5.11 Å². The van der Waals surface area contributed by atoms with Gasteiger partial charge in [0.2, 0.25) is 0 Å². The molecule has 1 atom stereocenters. The highest BCUT2D eigenvalue weighted by molar-refractivity contribution is 6.74. The van der Waals surface area contributed by atoms with E-state index in [1.54, 1.807) is 0 Å². The molecule has 0 aromatic carbocycles. The number of rotatable bonds is 6. The minimum Gasteiger partial charge on any atom is -0.417 e. The average Bonchev–Trinajstić information content (AvgIpc) is 2.01. The van der Waals surface area contributed by atoms with Crippen molar-refractivity contribution in [2.24, 2.45) is 0 Å². The van der Waals surface area contributed by atoms with E-state index in [-0.39, 0.29) is 11.1 Å². The Morgan fingerprint density at radius 2 is 1.80 bits per heavy atom. The summed E-state index contributed by atoms with van der Waals surface area (Å²) in [5, 5.41) is 9.74. The molecule has 0 radical (unpaired) electrons. The van der Waals surface area contributed by atoms with Crippen LogP contribution in [0.5, 0.6) is 0 Å². The molecular weight excluding hydrogens is 228 g/mol. The average molecular weight is 253 g/mol.